The Morgan fingerprint density at radius 2 is 2.19 bits per heavy atom. The largest absolute Gasteiger partial charge is 0.395 e. The number of aliphatic hydroxyl groups excluding tert-OH is 1. The lowest BCUT2D eigenvalue weighted by Gasteiger charge is -2.26. The van der Waals surface area contributed by atoms with Gasteiger partial charge in [0.2, 0.25) is 5.91 Å². The van der Waals surface area contributed by atoms with Gasteiger partial charge in [0, 0.05) is 12.6 Å². The summed E-state index contributed by atoms with van der Waals surface area (Å²) in [6.07, 6.45) is -0.296. The van der Waals surface area contributed by atoms with Gasteiger partial charge in [-0.1, -0.05) is 6.42 Å². The molecule has 0 aromatic heterocycles. The summed E-state index contributed by atoms with van der Waals surface area (Å²) in [5.41, 5.74) is 5.75. The molecule has 0 aliphatic heterocycles. The molecule has 1 aliphatic rings. The van der Waals surface area contributed by atoms with E-state index in [1.54, 1.807) is 0 Å². The van der Waals surface area contributed by atoms with Crippen LogP contribution in [-0.2, 0) is 4.79 Å². The molecule has 0 radical (unpaired) electrons. The van der Waals surface area contributed by atoms with Gasteiger partial charge in [-0.25, -0.2) is 8.78 Å². The van der Waals surface area contributed by atoms with Crippen molar-refractivity contribution in [2.75, 3.05) is 19.7 Å². The maximum Gasteiger partial charge on any atom is 0.255 e. The number of carbonyl (C=O) groups excluding carboxylic acids is 1. The van der Waals surface area contributed by atoms with Crippen molar-refractivity contribution in [3.63, 3.8) is 0 Å². The van der Waals surface area contributed by atoms with Crippen molar-refractivity contribution in [3.8, 4) is 0 Å². The van der Waals surface area contributed by atoms with Crippen LogP contribution in [0.15, 0.2) is 0 Å². The number of carbonyl (C=O) groups is 1. The van der Waals surface area contributed by atoms with E-state index in [0.717, 1.165) is 17.7 Å². The molecule has 2 atom stereocenters. The van der Waals surface area contributed by atoms with E-state index in [4.69, 9.17) is 10.8 Å². The minimum Gasteiger partial charge on any atom is -0.395 e. The summed E-state index contributed by atoms with van der Waals surface area (Å²) in [5, 5.41) is 8.74. The highest BCUT2D eigenvalue weighted by Gasteiger charge is 2.33. The smallest absolute Gasteiger partial charge is 0.255 e. The molecule has 0 bridgehead atoms. The Bertz CT molecular complexity index is 239. The lowest BCUT2D eigenvalue weighted by molar-refractivity contribution is -0.138. The Morgan fingerprint density at radius 1 is 1.50 bits per heavy atom. The molecule has 1 aliphatic carbocycles. The van der Waals surface area contributed by atoms with Gasteiger partial charge >= 0.3 is 0 Å². The van der Waals surface area contributed by atoms with Crippen molar-refractivity contribution in [3.05, 3.63) is 0 Å². The van der Waals surface area contributed by atoms with E-state index in [1.807, 2.05) is 0 Å². The van der Waals surface area contributed by atoms with Crippen LogP contribution in [0, 0.1) is 5.92 Å². The van der Waals surface area contributed by atoms with Gasteiger partial charge in [0.25, 0.3) is 6.43 Å². The molecule has 1 rings (SSSR count). The van der Waals surface area contributed by atoms with Gasteiger partial charge in [-0.3, -0.25) is 4.79 Å². The molecular formula is C10H18F2N2O2. The predicted molar refractivity (Wildman–Crippen MR) is 55.0 cm³/mol. The van der Waals surface area contributed by atoms with Gasteiger partial charge in [-0.05, 0) is 12.8 Å². The molecule has 0 saturated heterocycles. The van der Waals surface area contributed by atoms with Crippen molar-refractivity contribution in [1.29, 1.82) is 0 Å². The van der Waals surface area contributed by atoms with E-state index in [2.05, 4.69) is 0 Å². The first-order valence-electron chi connectivity index (χ1n) is 5.49. The number of aliphatic hydroxyl groups is 1. The normalized spacial score (nSPS) is 25.1. The molecular weight excluding hydrogens is 218 g/mol. The fourth-order valence-electron chi connectivity index (χ4n) is 2.11. The maximum atomic E-state index is 12.2. The first-order chi connectivity index (χ1) is 7.56. The molecule has 0 spiro atoms. The number of halogens is 2. The molecule has 16 heavy (non-hydrogen) atoms. The number of alkyl halides is 2. The molecule has 94 valence electrons. The lowest BCUT2D eigenvalue weighted by atomic mass is 10.0. The van der Waals surface area contributed by atoms with E-state index in [9.17, 15) is 13.6 Å². The number of hydrogen-bond acceptors (Lipinski definition) is 3. The highest BCUT2D eigenvalue weighted by atomic mass is 19.3. The minimum atomic E-state index is -2.58. The van der Waals surface area contributed by atoms with Gasteiger partial charge < -0.3 is 15.7 Å². The second-order valence-corrected chi connectivity index (χ2v) is 4.10. The van der Waals surface area contributed by atoms with E-state index in [-0.39, 0.29) is 31.0 Å². The molecule has 0 aromatic carbocycles. The molecule has 1 saturated carbocycles. The lowest BCUT2D eigenvalue weighted by Crippen LogP contribution is -2.44. The standard InChI is InChI=1S/C10H18F2N2O2/c11-9(12)6-14(4-5-15)10(16)7-2-1-3-8(7)13/h7-9,15H,1-6,13H2. The Labute approximate surface area is 93.4 Å². The summed E-state index contributed by atoms with van der Waals surface area (Å²) in [6, 6.07) is -0.230. The van der Waals surface area contributed by atoms with Crippen molar-refractivity contribution < 1.29 is 18.7 Å². The average Bonchev–Trinajstić information content (AvgIpc) is 2.62. The summed E-state index contributed by atoms with van der Waals surface area (Å²) in [7, 11) is 0. The van der Waals surface area contributed by atoms with Crippen molar-refractivity contribution in [2.24, 2.45) is 11.7 Å². The maximum absolute atomic E-state index is 12.2. The number of nitrogens with two attached hydrogens (primary N) is 1. The van der Waals surface area contributed by atoms with Crippen LogP contribution in [0.25, 0.3) is 0 Å². The van der Waals surface area contributed by atoms with E-state index in [1.165, 1.54) is 0 Å². The third kappa shape index (κ3) is 3.38. The van der Waals surface area contributed by atoms with Crippen LogP contribution in [0.4, 0.5) is 8.78 Å². The molecule has 4 nitrogen and oxygen atoms in total. The highest BCUT2D eigenvalue weighted by Crippen LogP contribution is 2.26. The van der Waals surface area contributed by atoms with Crippen LogP contribution < -0.4 is 5.73 Å². The Balaban J connectivity index is 2.58. The van der Waals surface area contributed by atoms with Crippen LogP contribution in [0.1, 0.15) is 19.3 Å². The van der Waals surface area contributed by atoms with Gasteiger partial charge in [0.1, 0.15) is 0 Å². The summed E-state index contributed by atoms with van der Waals surface area (Å²) in [4.78, 5) is 12.9. The summed E-state index contributed by atoms with van der Waals surface area (Å²) in [5.74, 6) is -0.704. The van der Waals surface area contributed by atoms with Gasteiger partial charge in [-0.2, -0.15) is 0 Å². The van der Waals surface area contributed by atoms with Crippen LogP contribution in [0.5, 0.6) is 0 Å². The molecule has 0 heterocycles. The van der Waals surface area contributed by atoms with E-state index < -0.39 is 13.0 Å². The summed E-state index contributed by atoms with van der Waals surface area (Å²) in [6.45, 7) is -0.977. The van der Waals surface area contributed by atoms with E-state index >= 15 is 0 Å². The zero-order valence-corrected chi connectivity index (χ0v) is 9.11. The molecule has 3 N–H and O–H groups in total. The van der Waals surface area contributed by atoms with Gasteiger partial charge in [0.05, 0.1) is 19.1 Å². The van der Waals surface area contributed by atoms with Crippen LogP contribution in [-0.4, -0.2) is 48.1 Å². The summed E-state index contributed by atoms with van der Waals surface area (Å²) >= 11 is 0. The van der Waals surface area contributed by atoms with Gasteiger partial charge in [-0.15, -0.1) is 0 Å². The molecule has 0 aromatic rings. The second kappa shape index (κ2) is 6.10. The Hall–Kier alpha value is -0.750. The molecule has 1 amide bonds. The van der Waals surface area contributed by atoms with Crippen molar-refractivity contribution >= 4 is 5.91 Å². The van der Waals surface area contributed by atoms with E-state index in [0.29, 0.717) is 6.42 Å². The highest BCUT2D eigenvalue weighted by molar-refractivity contribution is 5.80. The molecule has 1 fully saturated rings. The third-order valence-corrected chi connectivity index (χ3v) is 2.93. The van der Waals surface area contributed by atoms with Crippen LogP contribution >= 0.6 is 0 Å². The number of amides is 1. The average molecular weight is 236 g/mol. The molecule has 6 heteroatoms. The zero-order valence-electron chi connectivity index (χ0n) is 9.11. The zero-order chi connectivity index (χ0) is 12.1. The number of rotatable bonds is 5. The minimum absolute atomic E-state index is 0.0492. The monoisotopic (exact) mass is 236 g/mol. The first kappa shape index (κ1) is 13.3. The van der Waals surface area contributed by atoms with Crippen LogP contribution in [0.2, 0.25) is 0 Å². The quantitative estimate of drug-likeness (QED) is 0.716. The molecule has 2 unspecified atom stereocenters. The van der Waals surface area contributed by atoms with Gasteiger partial charge in [0.15, 0.2) is 0 Å². The number of hydrogen-bond donors (Lipinski definition) is 2. The topological polar surface area (TPSA) is 66.6 Å². The van der Waals surface area contributed by atoms with Crippen LogP contribution in [0.3, 0.4) is 0 Å². The predicted octanol–water partition coefficient (Wildman–Crippen LogP) is 0.200. The summed E-state index contributed by atoms with van der Waals surface area (Å²) < 4.78 is 24.5. The fraction of sp³-hybridized carbons (Fsp3) is 0.900. The van der Waals surface area contributed by atoms with Crippen molar-refractivity contribution in [1.82, 2.24) is 4.90 Å². The fourth-order valence-corrected chi connectivity index (χ4v) is 2.11. The first-order valence-corrected chi connectivity index (χ1v) is 5.49. The van der Waals surface area contributed by atoms with Crippen molar-refractivity contribution in [2.45, 2.75) is 31.7 Å². The Morgan fingerprint density at radius 3 is 2.62 bits per heavy atom. The number of nitrogens with zero attached hydrogens (tertiary/aromatic N) is 1. The SMILES string of the molecule is NC1CCCC1C(=O)N(CCO)CC(F)F. The second-order valence-electron chi connectivity index (χ2n) is 4.10. The third-order valence-electron chi connectivity index (χ3n) is 2.93. The Kier molecular flexibility index (Phi) is 5.08.